The van der Waals surface area contributed by atoms with Crippen LogP contribution in [0.2, 0.25) is 0 Å². The standard InChI is InChI=1S/C19H24BrN3O/c1-14-12-17(16-7-6-15(20)13-18(16)22-14)19(24)21-8-5-11-23-9-3-2-4-10-23/h6-7,12-13H,2-5,8-11H2,1H3,(H,21,24). The SMILES string of the molecule is Cc1cc(C(=O)NCCCN2CCCCC2)c2ccc(Br)cc2n1. The molecule has 0 saturated carbocycles. The number of carbonyl (C=O) groups is 1. The summed E-state index contributed by atoms with van der Waals surface area (Å²) < 4.78 is 0.973. The van der Waals surface area contributed by atoms with Crippen molar-refractivity contribution in [2.75, 3.05) is 26.2 Å². The van der Waals surface area contributed by atoms with Crippen LogP contribution >= 0.6 is 15.9 Å². The predicted molar refractivity (Wildman–Crippen MR) is 101 cm³/mol. The second kappa shape index (κ2) is 8.08. The minimum atomic E-state index is -0.00790. The van der Waals surface area contributed by atoms with Crippen molar-refractivity contribution in [2.45, 2.75) is 32.6 Å². The van der Waals surface area contributed by atoms with Gasteiger partial charge in [0.1, 0.15) is 0 Å². The number of amides is 1. The molecule has 1 aromatic carbocycles. The summed E-state index contributed by atoms with van der Waals surface area (Å²) in [5.41, 5.74) is 2.42. The minimum Gasteiger partial charge on any atom is -0.352 e. The Morgan fingerprint density at radius 1 is 1.25 bits per heavy atom. The molecule has 0 unspecified atom stereocenters. The Hall–Kier alpha value is -1.46. The zero-order valence-corrected chi connectivity index (χ0v) is 15.7. The van der Waals surface area contributed by atoms with Crippen LogP contribution in [-0.4, -0.2) is 42.0 Å². The van der Waals surface area contributed by atoms with E-state index in [1.54, 1.807) is 0 Å². The van der Waals surface area contributed by atoms with Crippen LogP contribution in [0.3, 0.4) is 0 Å². The average molecular weight is 390 g/mol. The van der Waals surface area contributed by atoms with Crippen LogP contribution in [0, 0.1) is 6.92 Å². The predicted octanol–water partition coefficient (Wildman–Crippen LogP) is 3.91. The zero-order valence-electron chi connectivity index (χ0n) is 14.1. The molecule has 5 heteroatoms. The Morgan fingerprint density at radius 2 is 2.04 bits per heavy atom. The van der Waals surface area contributed by atoms with Crippen LogP contribution in [0.1, 0.15) is 41.7 Å². The molecule has 1 N–H and O–H groups in total. The van der Waals surface area contributed by atoms with E-state index >= 15 is 0 Å². The molecule has 1 aromatic heterocycles. The van der Waals surface area contributed by atoms with Gasteiger partial charge in [-0.15, -0.1) is 0 Å². The number of halogens is 1. The van der Waals surface area contributed by atoms with E-state index in [4.69, 9.17) is 0 Å². The molecule has 3 rings (SSSR count). The van der Waals surface area contributed by atoms with E-state index in [0.717, 1.165) is 34.0 Å². The molecule has 1 aliphatic rings. The number of hydrogen-bond acceptors (Lipinski definition) is 3. The molecule has 0 radical (unpaired) electrons. The van der Waals surface area contributed by atoms with Crippen molar-refractivity contribution in [3.05, 3.63) is 40.0 Å². The first-order valence-electron chi connectivity index (χ1n) is 8.71. The van der Waals surface area contributed by atoms with E-state index in [0.29, 0.717) is 12.1 Å². The van der Waals surface area contributed by atoms with Crippen LogP contribution in [0.4, 0.5) is 0 Å². The summed E-state index contributed by atoms with van der Waals surface area (Å²) in [4.78, 5) is 19.6. The molecule has 128 valence electrons. The van der Waals surface area contributed by atoms with Crippen molar-refractivity contribution in [3.63, 3.8) is 0 Å². The topological polar surface area (TPSA) is 45.2 Å². The lowest BCUT2D eigenvalue weighted by atomic mass is 10.1. The summed E-state index contributed by atoms with van der Waals surface area (Å²) in [5.74, 6) is -0.00790. The zero-order chi connectivity index (χ0) is 16.9. The lowest BCUT2D eigenvalue weighted by Crippen LogP contribution is -2.33. The Balaban J connectivity index is 1.61. The van der Waals surface area contributed by atoms with Gasteiger partial charge in [-0.05, 0) is 64.0 Å². The van der Waals surface area contributed by atoms with Gasteiger partial charge in [0, 0.05) is 22.1 Å². The van der Waals surface area contributed by atoms with Gasteiger partial charge >= 0.3 is 0 Å². The molecule has 0 spiro atoms. The van der Waals surface area contributed by atoms with Gasteiger partial charge in [0.25, 0.3) is 5.91 Å². The summed E-state index contributed by atoms with van der Waals surface area (Å²) in [7, 11) is 0. The van der Waals surface area contributed by atoms with Gasteiger partial charge < -0.3 is 10.2 Å². The fourth-order valence-electron chi connectivity index (χ4n) is 3.30. The average Bonchev–Trinajstić information content (AvgIpc) is 2.58. The van der Waals surface area contributed by atoms with E-state index in [1.165, 1.54) is 32.4 Å². The van der Waals surface area contributed by atoms with Gasteiger partial charge in [0.05, 0.1) is 11.1 Å². The first-order valence-corrected chi connectivity index (χ1v) is 9.50. The van der Waals surface area contributed by atoms with E-state index in [2.05, 4.69) is 31.1 Å². The quantitative estimate of drug-likeness (QED) is 0.788. The molecule has 2 aromatic rings. The van der Waals surface area contributed by atoms with E-state index in [-0.39, 0.29) is 5.91 Å². The van der Waals surface area contributed by atoms with Gasteiger partial charge in [-0.25, -0.2) is 0 Å². The van der Waals surface area contributed by atoms with Gasteiger partial charge in [0.2, 0.25) is 0 Å². The van der Waals surface area contributed by atoms with E-state index in [9.17, 15) is 4.79 Å². The largest absolute Gasteiger partial charge is 0.352 e. The Kier molecular flexibility index (Phi) is 5.85. The number of rotatable bonds is 5. The number of nitrogens with one attached hydrogen (secondary N) is 1. The maximum absolute atomic E-state index is 12.6. The highest BCUT2D eigenvalue weighted by atomic mass is 79.9. The summed E-state index contributed by atoms with van der Waals surface area (Å²) in [6.07, 6.45) is 4.98. The van der Waals surface area contributed by atoms with Crippen molar-refractivity contribution in [1.82, 2.24) is 15.2 Å². The number of likely N-dealkylation sites (tertiary alicyclic amines) is 1. The molecule has 2 heterocycles. The maximum Gasteiger partial charge on any atom is 0.252 e. The normalized spacial score (nSPS) is 15.6. The minimum absolute atomic E-state index is 0.00790. The Labute approximate surface area is 151 Å². The highest BCUT2D eigenvalue weighted by molar-refractivity contribution is 9.10. The number of aromatic nitrogens is 1. The second-order valence-electron chi connectivity index (χ2n) is 6.48. The van der Waals surface area contributed by atoms with E-state index < -0.39 is 0 Å². The fraction of sp³-hybridized carbons (Fsp3) is 0.474. The number of hydrogen-bond donors (Lipinski definition) is 1. The summed E-state index contributed by atoms with van der Waals surface area (Å²) in [5, 5.41) is 3.97. The molecule has 1 saturated heterocycles. The van der Waals surface area contributed by atoms with Crippen LogP contribution in [0.15, 0.2) is 28.7 Å². The van der Waals surface area contributed by atoms with Crippen molar-refractivity contribution in [2.24, 2.45) is 0 Å². The van der Waals surface area contributed by atoms with Crippen molar-refractivity contribution < 1.29 is 4.79 Å². The maximum atomic E-state index is 12.6. The number of benzene rings is 1. The summed E-state index contributed by atoms with van der Waals surface area (Å²) >= 11 is 3.46. The van der Waals surface area contributed by atoms with Crippen LogP contribution in [-0.2, 0) is 0 Å². The number of carbonyl (C=O) groups excluding carboxylic acids is 1. The molecule has 1 fully saturated rings. The molecule has 1 amide bonds. The monoisotopic (exact) mass is 389 g/mol. The first kappa shape index (κ1) is 17.4. The molecule has 0 aliphatic carbocycles. The molecule has 1 aliphatic heterocycles. The summed E-state index contributed by atoms with van der Waals surface area (Å²) in [6.45, 7) is 6.12. The highest BCUT2D eigenvalue weighted by Gasteiger charge is 2.13. The van der Waals surface area contributed by atoms with Crippen molar-refractivity contribution in [3.8, 4) is 0 Å². The smallest absolute Gasteiger partial charge is 0.252 e. The lowest BCUT2D eigenvalue weighted by molar-refractivity contribution is 0.0952. The van der Waals surface area contributed by atoms with Gasteiger partial charge in [-0.1, -0.05) is 28.4 Å². The second-order valence-corrected chi connectivity index (χ2v) is 7.40. The number of aryl methyl sites for hydroxylation is 1. The third kappa shape index (κ3) is 4.33. The highest BCUT2D eigenvalue weighted by Crippen LogP contribution is 2.22. The van der Waals surface area contributed by atoms with Crippen molar-refractivity contribution in [1.29, 1.82) is 0 Å². The lowest BCUT2D eigenvalue weighted by Gasteiger charge is -2.26. The molecule has 0 bridgehead atoms. The Morgan fingerprint density at radius 3 is 2.83 bits per heavy atom. The van der Waals surface area contributed by atoms with Gasteiger partial charge in [-0.2, -0.15) is 0 Å². The van der Waals surface area contributed by atoms with Gasteiger partial charge in [0.15, 0.2) is 0 Å². The van der Waals surface area contributed by atoms with Crippen LogP contribution < -0.4 is 5.32 Å². The van der Waals surface area contributed by atoms with Crippen LogP contribution in [0.5, 0.6) is 0 Å². The molecule has 24 heavy (non-hydrogen) atoms. The molecule has 0 atom stereocenters. The van der Waals surface area contributed by atoms with Crippen molar-refractivity contribution >= 4 is 32.7 Å². The number of piperidine rings is 1. The first-order chi connectivity index (χ1) is 11.6. The van der Waals surface area contributed by atoms with E-state index in [1.807, 2.05) is 31.2 Å². The Bertz CT molecular complexity index is 721. The molecular weight excluding hydrogens is 366 g/mol. The number of fused-ring (bicyclic) bond motifs is 1. The number of nitrogens with zero attached hydrogens (tertiary/aromatic N) is 2. The molecular formula is C19H24BrN3O. The fourth-order valence-corrected chi connectivity index (χ4v) is 3.65. The third-order valence-electron chi connectivity index (χ3n) is 4.53. The summed E-state index contributed by atoms with van der Waals surface area (Å²) in [6, 6.07) is 7.73. The number of pyridine rings is 1. The van der Waals surface area contributed by atoms with Gasteiger partial charge in [-0.3, -0.25) is 9.78 Å². The van der Waals surface area contributed by atoms with Crippen LogP contribution in [0.25, 0.3) is 10.9 Å². The third-order valence-corrected chi connectivity index (χ3v) is 5.02. The molecule has 4 nitrogen and oxygen atoms in total.